The summed E-state index contributed by atoms with van der Waals surface area (Å²) in [5, 5.41) is 53.0. The number of urea groups is 4. The second-order valence-electron chi connectivity index (χ2n) is 34.7. The van der Waals surface area contributed by atoms with E-state index in [-0.39, 0.29) is 49.3 Å². The fraction of sp³-hybridized carbons (Fsp3) is 0.778. The van der Waals surface area contributed by atoms with Gasteiger partial charge in [-0.15, -0.1) is 45.1 Å². The lowest BCUT2D eigenvalue weighted by Crippen LogP contribution is -2.55. The van der Waals surface area contributed by atoms with E-state index in [9.17, 15) is 45.8 Å². The Morgan fingerprint density at radius 2 is 0.825 bits per heavy atom. The number of quaternary nitrogens is 1. The highest BCUT2D eigenvalue weighted by Gasteiger charge is 2.52. The Bertz CT molecular complexity index is 4130. The fourth-order valence-electron chi connectivity index (χ4n) is 18.3. The van der Waals surface area contributed by atoms with Crippen LogP contribution in [0.1, 0.15) is 304 Å². The fourth-order valence-corrected chi connectivity index (χ4v) is 19.1. The van der Waals surface area contributed by atoms with E-state index in [4.69, 9.17) is 27.1 Å². The van der Waals surface area contributed by atoms with Crippen molar-refractivity contribution in [1.82, 2.24) is 91.3 Å². The standard InChI is InChI=1S/C22H28N4O3.C16H36N.C15H22N4O6S.C15H22N4O3.C13H20N6O6S/c27-22-25-14-18(26(22)28-15-17-6-2-1-3-7-17)12-13-19(25)21-24-23-20(29-21)11-5-10-16-8-4-9-16;1-5-9-13-17(14-10-6-2,15-11-7-3)16-12-8-4;20-15-18-9-11(19(15)25-26(21,22)23)7-8-12(18)14-17-16-13(24-14)6-2-5-10-3-1-4-10;20-15-18-9-11(19(15)21)7-8-12(18)14-17-16-13(22-14)6-2-5-10-3-1-4-10;20-13-18-7-9(19(13)25-26(21,22)23)1-2-10(18)12-17-16-11(24-12)3-4-15-8-5-14-6-8/h1-3,6-7,16,18-19H,4-5,8-15H2;5-16H2,1-4H3;10-12H,1-9H2,(H,21,22,23);10-12,21H,1-9H2;8-10,14-15H,1-7H2,(H,21,22,23)/q;+1;;;/p-1/t18-,19+;;2*11-,12+;9-,10+/m1.111/s1. The highest BCUT2D eigenvalue weighted by Crippen LogP contribution is 2.44. The van der Waals surface area contributed by atoms with E-state index < -0.39 is 57.0 Å². The molecule has 17 rings (SSSR count). The van der Waals surface area contributed by atoms with Crippen LogP contribution in [0.5, 0.6) is 0 Å². The summed E-state index contributed by atoms with van der Waals surface area (Å²) in [4.78, 5) is 61.8. The van der Waals surface area contributed by atoms with Gasteiger partial charge in [-0.05, 0) is 139 Å². The number of hydroxylamine groups is 8. The van der Waals surface area contributed by atoms with Crippen LogP contribution < -0.4 is 10.6 Å². The monoisotopic (exact) mass is 1720 g/mol. The van der Waals surface area contributed by atoms with E-state index in [0.717, 1.165) is 112 Å². The van der Waals surface area contributed by atoms with E-state index in [1.54, 1.807) is 9.96 Å². The lowest BCUT2D eigenvalue weighted by Gasteiger charge is -2.39. The maximum absolute atomic E-state index is 12.9. The summed E-state index contributed by atoms with van der Waals surface area (Å²) in [5.41, 5.74) is 1.05. The van der Waals surface area contributed by atoms with Gasteiger partial charge >= 0.3 is 34.5 Å². The van der Waals surface area contributed by atoms with E-state index in [2.05, 4.69) is 87.7 Å². The molecule has 37 nitrogen and oxygen atoms in total. The van der Waals surface area contributed by atoms with Crippen LogP contribution in [0.2, 0.25) is 0 Å². The summed E-state index contributed by atoms with van der Waals surface area (Å²) >= 11 is 0. The first-order valence-corrected chi connectivity index (χ1v) is 47.4. The molecule has 8 amide bonds. The van der Waals surface area contributed by atoms with Gasteiger partial charge in [0.1, 0.15) is 30.8 Å². The number of amides is 8. The first-order valence-electron chi connectivity index (χ1n) is 44.7. The lowest BCUT2D eigenvalue weighted by molar-refractivity contribution is -0.929. The summed E-state index contributed by atoms with van der Waals surface area (Å²) in [5.74, 6) is 6.80. The summed E-state index contributed by atoms with van der Waals surface area (Å²) in [6.45, 7) is 19.8. The van der Waals surface area contributed by atoms with Crippen molar-refractivity contribution in [2.45, 2.75) is 313 Å². The highest BCUT2D eigenvalue weighted by atomic mass is 32.3. The Morgan fingerprint density at radius 3 is 1.18 bits per heavy atom. The quantitative estimate of drug-likeness (QED) is 0.0123. The number of hydrogen-bond donors (Lipinski definition) is 4. The molecule has 1 aromatic carbocycles. The van der Waals surface area contributed by atoms with Gasteiger partial charge < -0.3 is 56.9 Å². The second-order valence-corrected chi connectivity index (χ2v) is 36.7. The van der Waals surface area contributed by atoms with Crippen LogP contribution >= 0.6 is 0 Å². The zero-order valence-electron chi connectivity index (χ0n) is 70.4. The predicted molar refractivity (Wildman–Crippen MR) is 431 cm³/mol. The smallest absolute Gasteiger partial charge is 0.418 e. The van der Waals surface area contributed by atoms with Crippen molar-refractivity contribution in [3.8, 4) is 0 Å². The van der Waals surface area contributed by atoms with Gasteiger partial charge in [0.2, 0.25) is 57.5 Å². The van der Waals surface area contributed by atoms with E-state index >= 15 is 0 Å². The maximum atomic E-state index is 12.9. The number of aryl methyl sites for hydroxylation is 3. The second kappa shape index (κ2) is 42.7. The minimum Gasteiger partial charge on any atom is -0.724 e. The minimum atomic E-state index is -4.99. The van der Waals surface area contributed by atoms with Crippen molar-refractivity contribution >= 4 is 44.9 Å². The van der Waals surface area contributed by atoms with Gasteiger partial charge in [0.05, 0.1) is 50.3 Å². The molecule has 4 N–H and O–H groups in total. The topological polar surface area (TPSA) is 433 Å². The molecule has 9 aliphatic heterocycles. The molecule has 13 heterocycles. The Labute approximate surface area is 704 Å². The van der Waals surface area contributed by atoms with Crippen LogP contribution in [-0.2, 0) is 66.5 Å². The van der Waals surface area contributed by atoms with Crippen LogP contribution in [0, 0.1) is 17.8 Å². The van der Waals surface area contributed by atoms with Gasteiger partial charge in [-0.2, -0.15) is 27.9 Å². The normalized spacial score (nSPS) is 24.2. The zero-order valence-corrected chi connectivity index (χ0v) is 72.0. The first kappa shape index (κ1) is 90.1. The zero-order chi connectivity index (χ0) is 84.3. The Balaban J connectivity index is 0.000000131. The molecule has 9 saturated heterocycles. The van der Waals surface area contributed by atoms with Crippen molar-refractivity contribution in [3.05, 3.63) is 83.0 Å². The predicted octanol–water partition coefficient (Wildman–Crippen LogP) is 12.2. The van der Waals surface area contributed by atoms with Crippen molar-refractivity contribution < 1.29 is 85.9 Å². The Hall–Kier alpha value is -7.60. The van der Waals surface area contributed by atoms with Gasteiger partial charge in [0, 0.05) is 77.5 Å². The van der Waals surface area contributed by atoms with Gasteiger partial charge in [-0.1, -0.05) is 141 Å². The van der Waals surface area contributed by atoms with Crippen LogP contribution in [0.15, 0.2) is 48.0 Å². The average molecular weight is 1720 g/mol. The largest absolute Gasteiger partial charge is 0.724 e. The number of nitrogens with one attached hydrogen (secondary N) is 2. The molecule has 12 aliphatic rings. The molecular weight excluding hydrogens is 1590 g/mol. The summed E-state index contributed by atoms with van der Waals surface area (Å²) in [6, 6.07) is 6.55. The molecule has 3 aliphatic carbocycles. The number of piperidine rings is 4. The van der Waals surface area contributed by atoms with Crippen molar-refractivity contribution in [1.29, 1.82) is 0 Å². The maximum Gasteiger partial charge on any atom is 0.418 e. The lowest BCUT2D eigenvalue weighted by atomic mass is 9.82. The third-order valence-electron chi connectivity index (χ3n) is 26.1. The molecule has 39 heteroatoms. The van der Waals surface area contributed by atoms with Crippen LogP contribution in [0.4, 0.5) is 19.2 Å². The molecule has 3 saturated carbocycles. The number of carbonyl (C=O) groups is 4. The van der Waals surface area contributed by atoms with E-state index in [1.165, 1.54) is 169 Å². The van der Waals surface area contributed by atoms with Crippen LogP contribution in [-0.4, -0.2) is 243 Å². The molecule has 5 aromatic rings. The number of carbonyl (C=O) groups excluding carboxylic acids is 4. The van der Waals surface area contributed by atoms with Gasteiger partial charge in [-0.3, -0.25) is 14.6 Å². The van der Waals surface area contributed by atoms with Crippen LogP contribution in [0.25, 0.3) is 0 Å². The van der Waals surface area contributed by atoms with Crippen molar-refractivity contribution in [3.63, 3.8) is 0 Å². The van der Waals surface area contributed by atoms with Crippen LogP contribution in [0.3, 0.4) is 0 Å². The summed E-state index contributed by atoms with van der Waals surface area (Å²) < 4.78 is 96.4. The SMILES string of the molecule is CCCC[N+](CCCC)(CCCC)CCCC.O=C1N(O)[C@@H]2CC[C@@H](c3nnc(CCCC4CCC4)o3)N1C2.O=C1N2C[C@@H](CC[C@H]2c2nnc(CCCC3CCC3)o2)N1OCc1ccccc1.O=C1N2C[C@@H](CC[C@H]2c2nnc(CCCC3CCC3)o2)N1OS(=O)(=O)[O-].O=C1N2C[C@@H](CC[C@H]2c2nnc(CCNC3CNC3)o2)N1OS(=O)(=O)O. The summed E-state index contributed by atoms with van der Waals surface area (Å²) in [6.07, 6.45) is 38.4. The van der Waals surface area contributed by atoms with E-state index in [1.807, 2.05) is 35.2 Å². The molecule has 12 fully saturated rings. The number of benzene rings is 1. The average Bonchev–Trinajstić information content (AvgIpc) is 1.64. The molecule has 0 unspecified atom stereocenters. The molecule has 8 atom stereocenters. The van der Waals surface area contributed by atoms with Crippen molar-refractivity contribution in [2.75, 3.05) is 72.0 Å². The van der Waals surface area contributed by atoms with Gasteiger partial charge in [-0.25, -0.2) is 32.7 Å². The molecule has 0 spiro atoms. The number of fused-ring (bicyclic) bond motifs is 8. The third kappa shape index (κ3) is 23.8. The van der Waals surface area contributed by atoms with Gasteiger partial charge in [0.15, 0.2) is 0 Å². The van der Waals surface area contributed by atoms with Crippen molar-refractivity contribution in [2.24, 2.45) is 17.8 Å². The molecule has 666 valence electrons. The third-order valence-corrected chi connectivity index (χ3v) is 26.8. The van der Waals surface area contributed by atoms with Gasteiger partial charge in [0.25, 0.3) is 0 Å². The molecular formula is C81H127N19O18S2. The first-order chi connectivity index (χ1) is 58.0. The highest BCUT2D eigenvalue weighted by molar-refractivity contribution is 7.81. The Morgan fingerprint density at radius 1 is 0.467 bits per heavy atom. The number of unbranched alkanes of at least 4 members (excludes halogenated alkanes) is 4. The number of nitrogens with zero attached hydrogens (tertiary/aromatic N) is 17. The number of rotatable bonds is 39. The number of aromatic nitrogens is 8. The Kier molecular flexibility index (Phi) is 32.0. The van der Waals surface area contributed by atoms with E-state index in [0.29, 0.717) is 115 Å². The molecule has 4 aromatic heterocycles. The number of hydrogen-bond acceptors (Lipinski definition) is 27. The molecule has 8 bridgehead atoms. The summed E-state index contributed by atoms with van der Waals surface area (Å²) in [7, 11) is -9.75. The molecule has 120 heavy (non-hydrogen) atoms. The molecule has 0 radical (unpaired) electrons. The minimum absolute atomic E-state index is 0.0892.